The number of aromatic nitrogens is 1. The fourth-order valence-electron chi connectivity index (χ4n) is 2.09. The summed E-state index contributed by atoms with van der Waals surface area (Å²) in [7, 11) is -2.91. The maximum Gasteiger partial charge on any atom is 0.147 e. The zero-order valence-corrected chi connectivity index (χ0v) is 12.5. The quantitative estimate of drug-likeness (QED) is 0.762. The van der Waals surface area contributed by atoms with E-state index < -0.39 is 9.84 Å². The lowest BCUT2D eigenvalue weighted by atomic mass is 10.3. The van der Waals surface area contributed by atoms with E-state index in [1.165, 1.54) is 6.26 Å². The largest absolute Gasteiger partial charge is 0.492 e. The monoisotopic (exact) mass is 299 g/mol. The van der Waals surface area contributed by atoms with Crippen LogP contribution < -0.4 is 15.0 Å². The molecule has 2 rings (SSSR count). The Morgan fingerprint density at radius 3 is 2.80 bits per heavy atom. The first kappa shape index (κ1) is 15.1. The lowest BCUT2D eigenvalue weighted by Gasteiger charge is -2.29. The van der Waals surface area contributed by atoms with Gasteiger partial charge in [0, 0.05) is 38.5 Å². The van der Waals surface area contributed by atoms with Gasteiger partial charge in [-0.05, 0) is 6.42 Å². The minimum atomic E-state index is -2.91. The summed E-state index contributed by atoms with van der Waals surface area (Å²) in [4.78, 5) is 6.44. The predicted octanol–water partition coefficient (Wildman–Crippen LogP) is 0.305. The Labute approximate surface area is 120 Å². The minimum Gasteiger partial charge on any atom is -0.492 e. The minimum absolute atomic E-state index is 0.151. The van der Waals surface area contributed by atoms with E-state index in [0.29, 0.717) is 18.8 Å². The van der Waals surface area contributed by atoms with Gasteiger partial charge in [-0.3, -0.25) is 4.98 Å². The van der Waals surface area contributed by atoms with Crippen molar-refractivity contribution in [1.82, 2.24) is 10.3 Å². The van der Waals surface area contributed by atoms with Crippen LogP contribution in [0, 0.1) is 0 Å². The van der Waals surface area contributed by atoms with Gasteiger partial charge in [-0.1, -0.05) is 0 Å². The third-order valence-electron chi connectivity index (χ3n) is 3.11. The molecule has 0 radical (unpaired) electrons. The van der Waals surface area contributed by atoms with E-state index >= 15 is 0 Å². The molecule has 1 N–H and O–H groups in total. The van der Waals surface area contributed by atoms with E-state index in [4.69, 9.17) is 4.74 Å². The van der Waals surface area contributed by atoms with Crippen molar-refractivity contribution in [2.24, 2.45) is 0 Å². The van der Waals surface area contributed by atoms with Crippen molar-refractivity contribution in [2.75, 3.05) is 49.7 Å². The number of pyridine rings is 1. The van der Waals surface area contributed by atoms with Crippen molar-refractivity contribution in [3.8, 4) is 5.75 Å². The standard InChI is InChI=1S/C13H21N3O3S/c1-20(17,18)8-2-7-19-13-9-12(10-15-11-13)16-5-3-14-4-6-16/h9-11,14H,2-8H2,1H3. The van der Waals surface area contributed by atoms with Gasteiger partial charge in [-0.2, -0.15) is 0 Å². The van der Waals surface area contributed by atoms with Crippen LogP contribution in [0.3, 0.4) is 0 Å². The molecular weight excluding hydrogens is 278 g/mol. The van der Waals surface area contributed by atoms with Crippen LogP contribution in [0.25, 0.3) is 0 Å². The Balaban J connectivity index is 1.86. The molecule has 0 saturated carbocycles. The highest BCUT2D eigenvalue weighted by molar-refractivity contribution is 7.90. The van der Waals surface area contributed by atoms with Crippen molar-refractivity contribution in [2.45, 2.75) is 6.42 Å². The lowest BCUT2D eigenvalue weighted by Crippen LogP contribution is -2.43. The Kier molecular flexibility index (Phi) is 5.19. The van der Waals surface area contributed by atoms with Gasteiger partial charge < -0.3 is 15.0 Å². The van der Waals surface area contributed by atoms with Gasteiger partial charge in [-0.25, -0.2) is 8.42 Å². The van der Waals surface area contributed by atoms with Crippen LogP contribution in [0.15, 0.2) is 18.5 Å². The smallest absolute Gasteiger partial charge is 0.147 e. The number of hydrogen-bond acceptors (Lipinski definition) is 6. The maximum atomic E-state index is 11.0. The summed E-state index contributed by atoms with van der Waals surface area (Å²) in [6, 6.07) is 1.96. The van der Waals surface area contributed by atoms with Crippen molar-refractivity contribution >= 4 is 15.5 Å². The first-order valence-electron chi connectivity index (χ1n) is 6.76. The molecule has 1 aliphatic heterocycles. The fraction of sp³-hybridized carbons (Fsp3) is 0.615. The van der Waals surface area contributed by atoms with Crippen LogP contribution in [-0.4, -0.2) is 58.2 Å². The number of nitrogens with zero attached hydrogens (tertiary/aromatic N) is 2. The normalized spacial score (nSPS) is 16.1. The summed E-state index contributed by atoms with van der Waals surface area (Å²) in [5, 5.41) is 3.30. The van der Waals surface area contributed by atoms with E-state index in [0.717, 1.165) is 31.9 Å². The molecule has 1 aliphatic rings. The summed E-state index contributed by atoms with van der Waals surface area (Å²) < 4.78 is 27.6. The third kappa shape index (κ3) is 4.97. The Bertz CT molecular complexity index is 527. The summed E-state index contributed by atoms with van der Waals surface area (Å²) in [5.74, 6) is 0.840. The molecule has 6 nitrogen and oxygen atoms in total. The van der Waals surface area contributed by atoms with Crippen LogP contribution in [0.2, 0.25) is 0 Å². The van der Waals surface area contributed by atoms with Gasteiger partial charge in [0.25, 0.3) is 0 Å². The molecule has 20 heavy (non-hydrogen) atoms. The summed E-state index contributed by atoms with van der Waals surface area (Å²) >= 11 is 0. The highest BCUT2D eigenvalue weighted by Gasteiger charge is 2.11. The molecule has 7 heteroatoms. The predicted molar refractivity (Wildman–Crippen MR) is 79.1 cm³/mol. The van der Waals surface area contributed by atoms with Gasteiger partial charge in [0.15, 0.2) is 0 Å². The molecule has 0 unspecified atom stereocenters. The zero-order valence-electron chi connectivity index (χ0n) is 11.7. The molecule has 112 valence electrons. The highest BCUT2D eigenvalue weighted by Crippen LogP contribution is 2.19. The molecule has 0 aliphatic carbocycles. The molecule has 0 spiro atoms. The van der Waals surface area contributed by atoms with E-state index in [2.05, 4.69) is 15.2 Å². The van der Waals surface area contributed by atoms with Gasteiger partial charge in [0.2, 0.25) is 0 Å². The number of hydrogen-bond donors (Lipinski definition) is 1. The topological polar surface area (TPSA) is 71.5 Å². The number of nitrogens with one attached hydrogen (secondary N) is 1. The van der Waals surface area contributed by atoms with E-state index in [1.807, 2.05) is 12.3 Å². The SMILES string of the molecule is CS(=O)(=O)CCCOc1cncc(N2CCNCC2)c1. The lowest BCUT2D eigenvalue weighted by molar-refractivity contribution is 0.316. The van der Waals surface area contributed by atoms with Crippen LogP contribution in [0.5, 0.6) is 5.75 Å². The highest BCUT2D eigenvalue weighted by atomic mass is 32.2. The Morgan fingerprint density at radius 2 is 2.10 bits per heavy atom. The fourth-order valence-corrected chi connectivity index (χ4v) is 2.74. The number of rotatable bonds is 6. The zero-order chi connectivity index (χ0) is 14.4. The number of sulfone groups is 1. The number of anilines is 1. The summed E-state index contributed by atoms with van der Waals surface area (Å²) in [6.07, 6.45) is 5.22. The molecule has 0 atom stereocenters. The van der Waals surface area contributed by atoms with E-state index in [1.54, 1.807) is 6.20 Å². The van der Waals surface area contributed by atoms with Gasteiger partial charge in [-0.15, -0.1) is 0 Å². The molecule has 2 heterocycles. The second-order valence-electron chi connectivity index (χ2n) is 4.95. The number of piperazine rings is 1. The van der Waals surface area contributed by atoms with Crippen molar-refractivity contribution < 1.29 is 13.2 Å². The van der Waals surface area contributed by atoms with Crippen LogP contribution >= 0.6 is 0 Å². The summed E-state index contributed by atoms with van der Waals surface area (Å²) in [5.41, 5.74) is 1.05. The Morgan fingerprint density at radius 1 is 1.35 bits per heavy atom. The average molecular weight is 299 g/mol. The molecule has 1 aromatic rings. The molecule has 0 bridgehead atoms. The van der Waals surface area contributed by atoms with Crippen molar-refractivity contribution in [3.05, 3.63) is 18.5 Å². The molecular formula is C13H21N3O3S. The maximum absolute atomic E-state index is 11.0. The molecule has 1 fully saturated rings. The Hall–Kier alpha value is -1.34. The third-order valence-corrected chi connectivity index (χ3v) is 4.14. The average Bonchev–Trinajstić information content (AvgIpc) is 2.44. The molecule has 1 aromatic heterocycles. The van der Waals surface area contributed by atoms with Crippen molar-refractivity contribution in [1.29, 1.82) is 0 Å². The van der Waals surface area contributed by atoms with Crippen LogP contribution in [0.1, 0.15) is 6.42 Å². The molecule has 0 aromatic carbocycles. The van der Waals surface area contributed by atoms with E-state index in [9.17, 15) is 8.42 Å². The first-order chi connectivity index (χ1) is 9.54. The molecule has 1 saturated heterocycles. The second-order valence-corrected chi connectivity index (χ2v) is 7.21. The van der Waals surface area contributed by atoms with Gasteiger partial charge in [0.1, 0.15) is 15.6 Å². The van der Waals surface area contributed by atoms with Crippen LogP contribution in [-0.2, 0) is 9.84 Å². The van der Waals surface area contributed by atoms with Crippen molar-refractivity contribution in [3.63, 3.8) is 0 Å². The number of ether oxygens (including phenoxy) is 1. The van der Waals surface area contributed by atoms with Gasteiger partial charge >= 0.3 is 0 Å². The van der Waals surface area contributed by atoms with Gasteiger partial charge in [0.05, 0.1) is 30.4 Å². The summed E-state index contributed by atoms with van der Waals surface area (Å²) in [6.45, 7) is 4.25. The second kappa shape index (κ2) is 6.90. The first-order valence-corrected chi connectivity index (χ1v) is 8.82. The van der Waals surface area contributed by atoms with Crippen LogP contribution in [0.4, 0.5) is 5.69 Å². The molecule has 0 amide bonds. The van der Waals surface area contributed by atoms with E-state index in [-0.39, 0.29) is 5.75 Å².